The van der Waals surface area contributed by atoms with Crippen LogP contribution in [0.5, 0.6) is 11.5 Å². The van der Waals surface area contributed by atoms with E-state index in [0.29, 0.717) is 56.2 Å². The molecule has 1 saturated heterocycles. The number of nitrogens with zero attached hydrogens (tertiary/aromatic N) is 1. The Labute approximate surface area is 168 Å². The van der Waals surface area contributed by atoms with Crippen molar-refractivity contribution in [2.75, 3.05) is 33.4 Å². The molecule has 0 unspecified atom stereocenters. The maximum absolute atomic E-state index is 12.8. The Bertz CT molecular complexity index is 638. The van der Waals surface area contributed by atoms with Crippen molar-refractivity contribution >= 4 is 11.9 Å². The number of methoxy groups -OCH3 is 1. The summed E-state index contributed by atoms with van der Waals surface area (Å²) in [5.74, 6) is 0.924. The third kappa shape index (κ3) is 6.14. The van der Waals surface area contributed by atoms with Crippen LogP contribution in [-0.2, 0) is 9.53 Å². The second-order valence-electron chi connectivity index (χ2n) is 7.09. The average molecular weight is 392 g/mol. The first-order valence-electron chi connectivity index (χ1n) is 10.4. The normalized spacial score (nSPS) is 14.6. The number of carbonyl (C=O) groups is 2. The number of rotatable bonds is 10. The first-order valence-corrected chi connectivity index (χ1v) is 10.4. The number of likely N-dealkylation sites (tertiary alicyclic amines) is 1. The highest BCUT2D eigenvalue weighted by Gasteiger charge is 2.29. The SMILES string of the molecule is CCCCCCOc1ccc(C(=O)N2CCC(C(=O)OCC)CC2)cc1OC. The van der Waals surface area contributed by atoms with Gasteiger partial charge >= 0.3 is 5.97 Å². The maximum Gasteiger partial charge on any atom is 0.309 e. The minimum Gasteiger partial charge on any atom is -0.493 e. The lowest BCUT2D eigenvalue weighted by Crippen LogP contribution is -2.40. The summed E-state index contributed by atoms with van der Waals surface area (Å²) in [4.78, 5) is 26.5. The van der Waals surface area contributed by atoms with Crippen molar-refractivity contribution in [3.63, 3.8) is 0 Å². The van der Waals surface area contributed by atoms with Gasteiger partial charge in [-0.25, -0.2) is 0 Å². The van der Waals surface area contributed by atoms with Gasteiger partial charge in [-0.05, 0) is 44.4 Å². The van der Waals surface area contributed by atoms with Crippen molar-refractivity contribution in [2.24, 2.45) is 5.92 Å². The van der Waals surface area contributed by atoms with Crippen LogP contribution in [0.25, 0.3) is 0 Å². The van der Waals surface area contributed by atoms with E-state index < -0.39 is 0 Å². The molecular weight excluding hydrogens is 358 g/mol. The largest absolute Gasteiger partial charge is 0.493 e. The Morgan fingerprint density at radius 3 is 2.46 bits per heavy atom. The number of hydrogen-bond acceptors (Lipinski definition) is 5. The monoisotopic (exact) mass is 391 g/mol. The number of hydrogen-bond donors (Lipinski definition) is 0. The lowest BCUT2D eigenvalue weighted by molar-refractivity contribution is -0.149. The van der Waals surface area contributed by atoms with Gasteiger partial charge in [-0.15, -0.1) is 0 Å². The molecule has 2 rings (SSSR count). The third-order valence-electron chi connectivity index (χ3n) is 5.07. The first-order chi connectivity index (χ1) is 13.6. The summed E-state index contributed by atoms with van der Waals surface area (Å²) in [6.45, 7) is 6.14. The standard InChI is InChI=1S/C22H33NO5/c1-4-6-7-8-15-28-19-10-9-18(16-20(19)26-3)21(24)23-13-11-17(12-14-23)22(25)27-5-2/h9-10,16-17H,4-8,11-15H2,1-3H3. The zero-order valence-corrected chi connectivity index (χ0v) is 17.4. The molecule has 1 aliphatic heterocycles. The van der Waals surface area contributed by atoms with Crippen LogP contribution in [-0.4, -0.2) is 50.2 Å². The van der Waals surface area contributed by atoms with Gasteiger partial charge in [0.2, 0.25) is 0 Å². The first kappa shape index (κ1) is 22.1. The van der Waals surface area contributed by atoms with Crippen LogP contribution in [0.4, 0.5) is 0 Å². The molecule has 28 heavy (non-hydrogen) atoms. The Hall–Kier alpha value is -2.24. The molecule has 1 amide bonds. The fourth-order valence-corrected chi connectivity index (χ4v) is 3.39. The zero-order valence-electron chi connectivity index (χ0n) is 17.4. The Balaban J connectivity index is 1.92. The Morgan fingerprint density at radius 2 is 1.82 bits per heavy atom. The zero-order chi connectivity index (χ0) is 20.4. The van der Waals surface area contributed by atoms with E-state index in [-0.39, 0.29) is 17.8 Å². The minimum absolute atomic E-state index is 0.0462. The summed E-state index contributed by atoms with van der Waals surface area (Å²) >= 11 is 0. The second-order valence-corrected chi connectivity index (χ2v) is 7.09. The highest BCUT2D eigenvalue weighted by molar-refractivity contribution is 5.95. The number of amides is 1. The molecule has 0 radical (unpaired) electrons. The van der Waals surface area contributed by atoms with Gasteiger partial charge in [0.25, 0.3) is 5.91 Å². The lowest BCUT2D eigenvalue weighted by atomic mass is 9.96. The molecule has 1 aromatic carbocycles. The van der Waals surface area contributed by atoms with E-state index >= 15 is 0 Å². The molecule has 1 aromatic rings. The molecule has 1 heterocycles. The second kappa shape index (κ2) is 11.6. The van der Waals surface area contributed by atoms with Gasteiger partial charge in [-0.3, -0.25) is 9.59 Å². The van der Waals surface area contributed by atoms with Crippen molar-refractivity contribution in [3.8, 4) is 11.5 Å². The summed E-state index contributed by atoms with van der Waals surface area (Å²) in [6.07, 6.45) is 5.84. The van der Waals surface area contributed by atoms with Crippen molar-refractivity contribution < 1.29 is 23.8 Å². The molecule has 6 nitrogen and oxygen atoms in total. The van der Waals surface area contributed by atoms with Gasteiger partial charge in [-0.1, -0.05) is 26.2 Å². The van der Waals surface area contributed by atoms with Gasteiger partial charge in [0.05, 0.1) is 26.2 Å². The van der Waals surface area contributed by atoms with E-state index in [1.54, 1.807) is 30.2 Å². The third-order valence-corrected chi connectivity index (χ3v) is 5.07. The molecule has 156 valence electrons. The van der Waals surface area contributed by atoms with Crippen LogP contribution < -0.4 is 9.47 Å². The maximum atomic E-state index is 12.8. The van der Waals surface area contributed by atoms with Crippen LogP contribution in [0.15, 0.2) is 18.2 Å². The number of ether oxygens (including phenoxy) is 3. The van der Waals surface area contributed by atoms with Crippen LogP contribution in [0.2, 0.25) is 0 Å². The Morgan fingerprint density at radius 1 is 1.07 bits per heavy atom. The molecule has 6 heteroatoms. The number of esters is 1. The fourth-order valence-electron chi connectivity index (χ4n) is 3.39. The van der Waals surface area contributed by atoms with Gasteiger partial charge in [0.1, 0.15) is 0 Å². The highest BCUT2D eigenvalue weighted by Crippen LogP contribution is 2.29. The average Bonchev–Trinajstić information content (AvgIpc) is 2.73. The fraction of sp³-hybridized carbons (Fsp3) is 0.636. The van der Waals surface area contributed by atoms with Gasteiger partial charge in [0, 0.05) is 18.7 Å². The summed E-state index contributed by atoms with van der Waals surface area (Å²) in [5, 5.41) is 0. The van der Waals surface area contributed by atoms with Gasteiger partial charge in [-0.2, -0.15) is 0 Å². The molecule has 0 aliphatic carbocycles. The molecule has 1 aliphatic rings. The summed E-state index contributed by atoms with van der Waals surface area (Å²) < 4.78 is 16.3. The molecule has 0 bridgehead atoms. The van der Waals surface area contributed by atoms with Crippen molar-refractivity contribution in [2.45, 2.75) is 52.4 Å². The summed E-state index contributed by atoms with van der Waals surface area (Å²) in [6, 6.07) is 5.32. The van der Waals surface area contributed by atoms with E-state index in [1.165, 1.54) is 12.8 Å². The van der Waals surface area contributed by atoms with E-state index in [4.69, 9.17) is 14.2 Å². The van der Waals surface area contributed by atoms with Gasteiger partial charge in [0.15, 0.2) is 11.5 Å². The Kier molecular flexibility index (Phi) is 9.11. The number of piperidine rings is 1. The predicted octanol–water partition coefficient (Wildman–Crippen LogP) is 4.07. The molecule has 0 spiro atoms. The predicted molar refractivity (Wildman–Crippen MR) is 108 cm³/mol. The quantitative estimate of drug-likeness (QED) is 0.444. The van der Waals surface area contributed by atoms with E-state index in [9.17, 15) is 9.59 Å². The van der Waals surface area contributed by atoms with Crippen molar-refractivity contribution in [3.05, 3.63) is 23.8 Å². The molecule has 0 saturated carbocycles. The van der Waals surface area contributed by atoms with Crippen LogP contribution in [0, 0.1) is 5.92 Å². The highest BCUT2D eigenvalue weighted by atomic mass is 16.5. The van der Waals surface area contributed by atoms with E-state index in [0.717, 1.165) is 12.8 Å². The van der Waals surface area contributed by atoms with E-state index in [2.05, 4.69) is 6.92 Å². The lowest BCUT2D eigenvalue weighted by Gasteiger charge is -2.31. The van der Waals surface area contributed by atoms with E-state index in [1.807, 2.05) is 6.92 Å². The summed E-state index contributed by atoms with van der Waals surface area (Å²) in [7, 11) is 1.58. The van der Waals surface area contributed by atoms with Crippen molar-refractivity contribution in [1.29, 1.82) is 0 Å². The molecule has 0 N–H and O–H groups in total. The topological polar surface area (TPSA) is 65.1 Å². The number of unbranched alkanes of at least 4 members (excludes halogenated alkanes) is 3. The van der Waals surface area contributed by atoms with Crippen LogP contribution in [0.3, 0.4) is 0 Å². The van der Waals surface area contributed by atoms with Crippen molar-refractivity contribution in [1.82, 2.24) is 4.90 Å². The molecule has 0 aromatic heterocycles. The molecular formula is C22H33NO5. The van der Waals surface area contributed by atoms with Gasteiger partial charge < -0.3 is 19.1 Å². The molecule has 0 atom stereocenters. The number of carbonyl (C=O) groups excluding carboxylic acids is 2. The summed E-state index contributed by atoms with van der Waals surface area (Å²) in [5.41, 5.74) is 0.574. The number of benzene rings is 1. The molecule has 1 fully saturated rings. The smallest absolute Gasteiger partial charge is 0.309 e. The minimum atomic E-state index is -0.156. The van der Waals surface area contributed by atoms with Crippen LogP contribution >= 0.6 is 0 Å². The van der Waals surface area contributed by atoms with Crippen LogP contribution in [0.1, 0.15) is 62.7 Å².